The second-order valence-electron chi connectivity index (χ2n) is 13.9. The zero-order chi connectivity index (χ0) is 32.4. The van der Waals surface area contributed by atoms with E-state index in [-0.39, 0.29) is 0 Å². The standard InChI is InChI=1S/C24H51P.C18H37N/c1-4-7-10-13-16-19-22-25(23-20-17-14-11-8-5-2)24-21-18-15-12-9-6-3;1-2-3-4-5-6-7-8-9-10-11-12-13-14-15-16-17-18-19/h4-24H2,1-3H3;9-10H,2-8,11-19H2,1H3/b;10-9-. The van der Waals surface area contributed by atoms with Crippen molar-refractivity contribution in [3.05, 3.63) is 12.2 Å². The maximum absolute atomic E-state index is 5.47. The van der Waals surface area contributed by atoms with Crippen molar-refractivity contribution in [2.45, 2.75) is 233 Å². The van der Waals surface area contributed by atoms with E-state index in [0.717, 1.165) is 6.54 Å². The fourth-order valence-corrected chi connectivity index (χ4v) is 8.76. The number of hydrogen-bond donors (Lipinski definition) is 1. The molecular formula is C42H88NP. The van der Waals surface area contributed by atoms with Crippen molar-refractivity contribution in [2.75, 3.05) is 25.0 Å². The molecular weight excluding hydrogens is 549 g/mol. The first kappa shape index (κ1) is 46.2. The van der Waals surface area contributed by atoms with Crippen molar-refractivity contribution >= 4 is 7.92 Å². The molecule has 0 rings (SSSR count). The Morgan fingerprint density at radius 1 is 0.318 bits per heavy atom. The Bertz CT molecular complexity index is 452. The summed E-state index contributed by atoms with van der Waals surface area (Å²) >= 11 is 0. The molecule has 266 valence electrons. The van der Waals surface area contributed by atoms with Gasteiger partial charge in [-0.05, 0) is 76.4 Å². The van der Waals surface area contributed by atoms with Crippen LogP contribution in [0.2, 0.25) is 0 Å². The number of rotatable bonds is 36. The van der Waals surface area contributed by atoms with Gasteiger partial charge in [0.05, 0.1) is 0 Å². The Balaban J connectivity index is 0. The molecule has 0 atom stereocenters. The summed E-state index contributed by atoms with van der Waals surface area (Å²) in [6, 6.07) is 0. The fourth-order valence-electron chi connectivity index (χ4n) is 6.07. The third kappa shape index (κ3) is 44.3. The number of hydrogen-bond acceptors (Lipinski definition) is 1. The predicted molar refractivity (Wildman–Crippen MR) is 210 cm³/mol. The largest absolute Gasteiger partial charge is 0.330 e. The Labute approximate surface area is 283 Å². The lowest BCUT2D eigenvalue weighted by Gasteiger charge is -2.18. The van der Waals surface area contributed by atoms with Gasteiger partial charge in [-0.3, -0.25) is 0 Å². The van der Waals surface area contributed by atoms with Crippen LogP contribution in [0.1, 0.15) is 233 Å². The van der Waals surface area contributed by atoms with E-state index in [1.165, 1.54) is 205 Å². The molecule has 0 aliphatic rings. The molecule has 0 fully saturated rings. The van der Waals surface area contributed by atoms with E-state index in [1.54, 1.807) is 18.5 Å². The lowest BCUT2D eigenvalue weighted by atomic mass is 10.1. The van der Waals surface area contributed by atoms with Gasteiger partial charge in [-0.2, -0.15) is 0 Å². The van der Waals surface area contributed by atoms with Gasteiger partial charge in [0.25, 0.3) is 0 Å². The number of unbranched alkanes of at least 4 members (excludes halogenated alkanes) is 27. The minimum absolute atomic E-state index is 0.366. The minimum atomic E-state index is 0.366. The lowest BCUT2D eigenvalue weighted by molar-refractivity contribution is 0.599. The molecule has 0 spiro atoms. The molecule has 0 bridgehead atoms. The molecule has 0 radical (unpaired) electrons. The highest BCUT2D eigenvalue weighted by atomic mass is 31.1. The molecule has 0 aliphatic heterocycles. The monoisotopic (exact) mass is 638 g/mol. The van der Waals surface area contributed by atoms with Gasteiger partial charge in [-0.15, -0.1) is 7.92 Å². The van der Waals surface area contributed by atoms with E-state index in [1.807, 2.05) is 0 Å². The van der Waals surface area contributed by atoms with Crippen LogP contribution in [0, 0.1) is 0 Å². The highest BCUT2D eigenvalue weighted by Gasteiger charge is 2.08. The van der Waals surface area contributed by atoms with Crippen molar-refractivity contribution in [3.8, 4) is 0 Å². The van der Waals surface area contributed by atoms with Gasteiger partial charge in [-0.1, -0.05) is 194 Å². The topological polar surface area (TPSA) is 26.0 Å². The third-order valence-corrected chi connectivity index (χ3v) is 12.0. The first-order chi connectivity index (χ1) is 21.8. The average Bonchev–Trinajstić information content (AvgIpc) is 3.04. The van der Waals surface area contributed by atoms with Gasteiger partial charge in [0, 0.05) is 0 Å². The van der Waals surface area contributed by atoms with Gasteiger partial charge < -0.3 is 5.73 Å². The third-order valence-electron chi connectivity index (χ3n) is 9.20. The van der Waals surface area contributed by atoms with Gasteiger partial charge in [-0.25, -0.2) is 0 Å². The smallest absolute Gasteiger partial charge is 0.00773 e. The molecule has 0 unspecified atom stereocenters. The summed E-state index contributed by atoms with van der Waals surface area (Å²) in [5, 5.41) is 0. The molecule has 44 heavy (non-hydrogen) atoms. The van der Waals surface area contributed by atoms with Gasteiger partial charge >= 0.3 is 0 Å². The van der Waals surface area contributed by atoms with E-state index in [2.05, 4.69) is 39.8 Å². The van der Waals surface area contributed by atoms with Crippen LogP contribution < -0.4 is 5.73 Å². The summed E-state index contributed by atoms with van der Waals surface area (Å²) in [4.78, 5) is 0. The summed E-state index contributed by atoms with van der Waals surface area (Å²) in [6.07, 6.45) is 55.1. The van der Waals surface area contributed by atoms with Crippen LogP contribution >= 0.6 is 7.92 Å². The molecule has 0 aromatic rings. The molecule has 0 saturated carbocycles. The SMILES string of the molecule is CCCCCCCC/C=C\CCCCCCCCN.CCCCCCCCP(CCCCCCCC)CCCCCCCC. The fraction of sp³-hybridized carbons (Fsp3) is 0.952. The molecule has 0 aliphatic carbocycles. The van der Waals surface area contributed by atoms with Gasteiger partial charge in [0.15, 0.2) is 0 Å². The Kier molecular flexibility index (Phi) is 47.6. The number of nitrogens with two attached hydrogens (primary N) is 1. The zero-order valence-corrected chi connectivity index (χ0v) is 32.5. The molecule has 0 aromatic heterocycles. The normalized spacial score (nSPS) is 11.5. The maximum atomic E-state index is 5.47. The summed E-state index contributed by atoms with van der Waals surface area (Å²) in [5.74, 6) is 0. The van der Waals surface area contributed by atoms with E-state index in [0.29, 0.717) is 7.92 Å². The second-order valence-corrected chi connectivity index (χ2v) is 16.6. The van der Waals surface area contributed by atoms with Crippen molar-refractivity contribution in [1.29, 1.82) is 0 Å². The average molecular weight is 638 g/mol. The molecule has 2 N–H and O–H groups in total. The van der Waals surface area contributed by atoms with Gasteiger partial charge in [0.1, 0.15) is 0 Å². The summed E-state index contributed by atoms with van der Waals surface area (Å²) < 4.78 is 0. The van der Waals surface area contributed by atoms with Crippen molar-refractivity contribution in [2.24, 2.45) is 5.73 Å². The summed E-state index contributed by atoms with van der Waals surface area (Å²) in [5.41, 5.74) is 5.47. The molecule has 2 heteroatoms. The molecule has 0 saturated heterocycles. The Morgan fingerprint density at radius 3 is 0.864 bits per heavy atom. The maximum Gasteiger partial charge on any atom is -0.00773 e. The van der Waals surface area contributed by atoms with Crippen molar-refractivity contribution in [1.82, 2.24) is 0 Å². The summed E-state index contributed by atoms with van der Waals surface area (Å²) in [7, 11) is 0.366. The predicted octanol–water partition coefficient (Wildman–Crippen LogP) is 15.5. The van der Waals surface area contributed by atoms with E-state index < -0.39 is 0 Å². The Morgan fingerprint density at radius 2 is 0.568 bits per heavy atom. The first-order valence-electron chi connectivity index (χ1n) is 20.8. The van der Waals surface area contributed by atoms with Crippen LogP contribution in [0.15, 0.2) is 12.2 Å². The van der Waals surface area contributed by atoms with E-state index in [9.17, 15) is 0 Å². The van der Waals surface area contributed by atoms with E-state index in [4.69, 9.17) is 5.73 Å². The molecule has 1 nitrogen and oxygen atoms in total. The lowest BCUT2D eigenvalue weighted by Crippen LogP contribution is -1.97. The van der Waals surface area contributed by atoms with Crippen LogP contribution in [0.25, 0.3) is 0 Å². The molecule has 0 heterocycles. The quantitative estimate of drug-likeness (QED) is 0.0413. The number of allylic oxidation sites excluding steroid dienone is 2. The van der Waals surface area contributed by atoms with Crippen LogP contribution in [0.3, 0.4) is 0 Å². The minimum Gasteiger partial charge on any atom is -0.330 e. The molecule has 0 amide bonds. The second kappa shape index (κ2) is 45.3. The van der Waals surface area contributed by atoms with Gasteiger partial charge in [0.2, 0.25) is 0 Å². The van der Waals surface area contributed by atoms with E-state index >= 15 is 0 Å². The first-order valence-corrected chi connectivity index (χ1v) is 22.7. The summed E-state index contributed by atoms with van der Waals surface area (Å²) in [6.45, 7) is 10.1. The van der Waals surface area contributed by atoms with Crippen molar-refractivity contribution in [3.63, 3.8) is 0 Å². The molecule has 0 aromatic carbocycles. The Hall–Kier alpha value is 0.130. The van der Waals surface area contributed by atoms with Crippen LogP contribution in [0.4, 0.5) is 0 Å². The van der Waals surface area contributed by atoms with Crippen LogP contribution in [-0.2, 0) is 0 Å². The van der Waals surface area contributed by atoms with Crippen molar-refractivity contribution < 1.29 is 0 Å². The van der Waals surface area contributed by atoms with Crippen LogP contribution in [-0.4, -0.2) is 25.0 Å². The zero-order valence-electron chi connectivity index (χ0n) is 31.6. The highest BCUT2D eigenvalue weighted by molar-refractivity contribution is 7.57. The highest BCUT2D eigenvalue weighted by Crippen LogP contribution is 2.39. The van der Waals surface area contributed by atoms with Crippen LogP contribution in [0.5, 0.6) is 0 Å².